The van der Waals surface area contributed by atoms with Crippen LogP contribution in [0.2, 0.25) is 0 Å². The van der Waals surface area contributed by atoms with E-state index in [1.165, 1.54) is 12.1 Å². The second kappa shape index (κ2) is 4.73. The zero-order chi connectivity index (χ0) is 10.7. The molecule has 0 radical (unpaired) electrons. The summed E-state index contributed by atoms with van der Waals surface area (Å²) in [5.41, 5.74) is 1.03. The molecular weight excluding hydrogens is 195 g/mol. The lowest BCUT2D eigenvalue weighted by molar-refractivity contribution is -0.131. The van der Waals surface area contributed by atoms with E-state index in [0.717, 1.165) is 18.4 Å². The van der Waals surface area contributed by atoms with Gasteiger partial charge in [0.25, 0.3) is 0 Å². The van der Waals surface area contributed by atoms with E-state index < -0.39 is 0 Å². The topological polar surface area (TPSA) is 18.5 Å². The molecule has 15 heavy (non-hydrogen) atoms. The largest absolute Gasteiger partial charge is 0.353 e. The molecule has 2 atom stereocenters. The summed E-state index contributed by atoms with van der Waals surface area (Å²) in [6.45, 7) is 2.62. The Morgan fingerprint density at radius 2 is 2.07 bits per heavy atom. The molecule has 1 fully saturated rings. The molecule has 0 amide bonds. The maximum Gasteiger partial charge on any atom is 0.158 e. The van der Waals surface area contributed by atoms with Crippen molar-refractivity contribution in [3.8, 4) is 0 Å². The van der Waals surface area contributed by atoms with E-state index in [-0.39, 0.29) is 18.2 Å². The van der Waals surface area contributed by atoms with Gasteiger partial charge in [-0.25, -0.2) is 4.39 Å². The summed E-state index contributed by atoms with van der Waals surface area (Å²) >= 11 is 0. The molecule has 2 nitrogen and oxygen atoms in total. The van der Waals surface area contributed by atoms with E-state index in [1.54, 1.807) is 12.1 Å². The molecule has 0 spiro atoms. The van der Waals surface area contributed by atoms with Crippen molar-refractivity contribution in [1.29, 1.82) is 0 Å². The summed E-state index contributed by atoms with van der Waals surface area (Å²) in [4.78, 5) is 0. The Balaban J connectivity index is 1.98. The average Bonchev–Trinajstić information content (AvgIpc) is 2.68. The minimum atomic E-state index is -0.210. The Labute approximate surface area is 89.0 Å². The van der Waals surface area contributed by atoms with Crippen molar-refractivity contribution in [2.75, 3.05) is 6.61 Å². The molecule has 1 aromatic rings. The minimum Gasteiger partial charge on any atom is -0.353 e. The first-order chi connectivity index (χ1) is 7.29. The highest BCUT2D eigenvalue weighted by Gasteiger charge is 2.26. The predicted octanol–water partition coefficient (Wildman–Crippen LogP) is 3.04. The number of benzene rings is 1. The van der Waals surface area contributed by atoms with Gasteiger partial charge in [-0.3, -0.25) is 0 Å². The first-order valence-corrected chi connectivity index (χ1v) is 5.32. The fourth-order valence-electron chi connectivity index (χ4n) is 1.84. The van der Waals surface area contributed by atoms with Gasteiger partial charge in [-0.2, -0.15) is 0 Å². The Bertz CT molecular complexity index is 310. The maximum atomic E-state index is 12.7. The molecule has 0 aliphatic carbocycles. The predicted molar refractivity (Wildman–Crippen MR) is 54.9 cm³/mol. The van der Waals surface area contributed by atoms with Crippen LogP contribution in [0.1, 0.15) is 31.4 Å². The van der Waals surface area contributed by atoms with Gasteiger partial charge < -0.3 is 9.47 Å². The van der Waals surface area contributed by atoms with Gasteiger partial charge in [0.2, 0.25) is 0 Å². The van der Waals surface area contributed by atoms with Crippen LogP contribution in [0.5, 0.6) is 0 Å². The van der Waals surface area contributed by atoms with Crippen molar-refractivity contribution in [3.63, 3.8) is 0 Å². The Morgan fingerprint density at radius 1 is 1.33 bits per heavy atom. The lowest BCUT2D eigenvalue weighted by Gasteiger charge is -2.13. The molecule has 0 N–H and O–H groups in total. The summed E-state index contributed by atoms with van der Waals surface area (Å²) in [6, 6.07) is 6.47. The second-order valence-corrected chi connectivity index (χ2v) is 3.64. The molecule has 1 heterocycles. The lowest BCUT2D eigenvalue weighted by Crippen LogP contribution is -2.10. The molecule has 3 heteroatoms. The van der Waals surface area contributed by atoms with Gasteiger partial charge in [0.05, 0.1) is 6.10 Å². The number of hydrogen-bond donors (Lipinski definition) is 0. The third-order valence-corrected chi connectivity index (χ3v) is 2.57. The summed E-state index contributed by atoms with van der Waals surface area (Å²) in [5.74, 6) is -0.210. The van der Waals surface area contributed by atoms with Crippen LogP contribution in [0.25, 0.3) is 0 Å². The van der Waals surface area contributed by atoms with Crippen LogP contribution in [-0.4, -0.2) is 12.9 Å². The average molecular weight is 210 g/mol. The minimum absolute atomic E-state index is 0.0575. The van der Waals surface area contributed by atoms with Crippen LogP contribution in [0.15, 0.2) is 24.3 Å². The molecule has 0 bridgehead atoms. The van der Waals surface area contributed by atoms with Crippen LogP contribution in [0.4, 0.5) is 4.39 Å². The SMILES string of the molecule is CCO[C@@H]1CC[C@H](c2ccc(F)cc2)O1. The van der Waals surface area contributed by atoms with Crippen LogP contribution < -0.4 is 0 Å². The van der Waals surface area contributed by atoms with Crippen LogP contribution in [0, 0.1) is 5.82 Å². The fraction of sp³-hybridized carbons (Fsp3) is 0.500. The highest BCUT2D eigenvalue weighted by atomic mass is 19.1. The zero-order valence-corrected chi connectivity index (χ0v) is 8.78. The van der Waals surface area contributed by atoms with E-state index >= 15 is 0 Å². The molecule has 1 aliphatic rings. The summed E-state index contributed by atoms with van der Waals surface area (Å²) < 4.78 is 23.8. The zero-order valence-electron chi connectivity index (χ0n) is 8.78. The van der Waals surface area contributed by atoms with Crippen LogP contribution in [0.3, 0.4) is 0 Å². The van der Waals surface area contributed by atoms with Gasteiger partial charge in [-0.05, 0) is 31.0 Å². The first-order valence-electron chi connectivity index (χ1n) is 5.32. The van der Waals surface area contributed by atoms with Crippen molar-refractivity contribution in [3.05, 3.63) is 35.6 Å². The highest BCUT2D eigenvalue weighted by molar-refractivity contribution is 5.19. The molecule has 1 aliphatic heterocycles. The summed E-state index contributed by atoms with van der Waals surface area (Å²) in [6.07, 6.45) is 1.82. The highest BCUT2D eigenvalue weighted by Crippen LogP contribution is 2.32. The van der Waals surface area contributed by atoms with Crippen molar-refractivity contribution in [1.82, 2.24) is 0 Å². The Hall–Kier alpha value is -0.930. The molecule has 2 rings (SSSR count). The summed E-state index contributed by atoms with van der Waals surface area (Å²) in [5, 5.41) is 0. The van der Waals surface area contributed by atoms with E-state index in [2.05, 4.69) is 0 Å². The fourth-order valence-corrected chi connectivity index (χ4v) is 1.84. The first kappa shape index (κ1) is 10.6. The maximum absolute atomic E-state index is 12.7. The molecule has 0 aromatic heterocycles. The Morgan fingerprint density at radius 3 is 2.73 bits per heavy atom. The standard InChI is InChI=1S/C12H15FO2/c1-2-14-12-8-7-11(15-12)9-3-5-10(13)6-4-9/h3-6,11-12H,2,7-8H2,1H3/t11-,12+/m1/s1. The van der Waals surface area contributed by atoms with Crippen molar-refractivity contribution >= 4 is 0 Å². The quantitative estimate of drug-likeness (QED) is 0.763. The van der Waals surface area contributed by atoms with Gasteiger partial charge in [0.15, 0.2) is 6.29 Å². The van der Waals surface area contributed by atoms with Crippen LogP contribution in [-0.2, 0) is 9.47 Å². The van der Waals surface area contributed by atoms with E-state index in [4.69, 9.17) is 9.47 Å². The van der Waals surface area contributed by atoms with Gasteiger partial charge in [0, 0.05) is 13.0 Å². The molecule has 82 valence electrons. The van der Waals surface area contributed by atoms with E-state index in [1.807, 2.05) is 6.92 Å². The van der Waals surface area contributed by atoms with Gasteiger partial charge in [-0.15, -0.1) is 0 Å². The van der Waals surface area contributed by atoms with Gasteiger partial charge in [-0.1, -0.05) is 12.1 Å². The number of halogens is 1. The molecule has 0 saturated carbocycles. The van der Waals surface area contributed by atoms with Crippen molar-refractivity contribution < 1.29 is 13.9 Å². The van der Waals surface area contributed by atoms with Gasteiger partial charge >= 0.3 is 0 Å². The third kappa shape index (κ3) is 2.55. The Kier molecular flexibility index (Phi) is 3.34. The molecule has 1 saturated heterocycles. The number of rotatable bonds is 3. The third-order valence-electron chi connectivity index (χ3n) is 2.57. The van der Waals surface area contributed by atoms with E-state index in [9.17, 15) is 4.39 Å². The van der Waals surface area contributed by atoms with Crippen LogP contribution >= 0.6 is 0 Å². The van der Waals surface area contributed by atoms with Gasteiger partial charge in [0.1, 0.15) is 5.82 Å². The lowest BCUT2D eigenvalue weighted by atomic mass is 10.1. The number of ether oxygens (including phenoxy) is 2. The molecule has 0 unspecified atom stereocenters. The van der Waals surface area contributed by atoms with Crippen molar-refractivity contribution in [2.24, 2.45) is 0 Å². The number of hydrogen-bond acceptors (Lipinski definition) is 2. The normalized spacial score (nSPS) is 25.7. The van der Waals surface area contributed by atoms with Crippen molar-refractivity contribution in [2.45, 2.75) is 32.2 Å². The monoisotopic (exact) mass is 210 g/mol. The second-order valence-electron chi connectivity index (χ2n) is 3.64. The molecule has 1 aromatic carbocycles. The smallest absolute Gasteiger partial charge is 0.158 e. The summed E-state index contributed by atoms with van der Waals surface area (Å²) in [7, 11) is 0. The molecular formula is C12H15FO2. The van der Waals surface area contributed by atoms with E-state index in [0.29, 0.717) is 6.61 Å².